The highest BCUT2D eigenvalue weighted by Gasteiger charge is 2.37. The molecule has 3 rings (SSSR count). The second-order valence-electron chi connectivity index (χ2n) is 8.63. The van der Waals surface area contributed by atoms with Crippen molar-refractivity contribution in [3.8, 4) is 5.75 Å². The summed E-state index contributed by atoms with van der Waals surface area (Å²) in [5.74, 6) is -0.237. The molecule has 0 saturated heterocycles. The summed E-state index contributed by atoms with van der Waals surface area (Å²) >= 11 is 0. The van der Waals surface area contributed by atoms with Crippen LogP contribution in [0.1, 0.15) is 62.0 Å². The first kappa shape index (κ1) is 20.4. The molecular weight excluding hydrogens is 374 g/mol. The fourth-order valence-electron chi connectivity index (χ4n) is 3.69. The van der Waals surface area contributed by atoms with Gasteiger partial charge in [-0.2, -0.15) is 0 Å². The van der Waals surface area contributed by atoms with Crippen molar-refractivity contribution >= 4 is 21.5 Å². The molecule has 28 heavy (non-hydrogen) atoms. The predicted molar refractivity (Wildman–Crippen MR) is 111 cm³/mol. The summed E-state index contributed by atoms with van der Waals surface area (Å²) in [4.78, 5) is 11.8. The van der Waals surface area contributed by atoms with Crippen molar-refractivity contribution in [2.75, 3.05) is 10.8 Å². The first-order valence-corrected chi connectivity index (χ1v) is 10.9. The van der Waals surface area contributed by atoms with Crippen molar-refractivity contribution in [2.24, 2.45) is 5.41 Å². The van der Waals surface area contributed by atoms with E-state index in [4.69, 9.17) is 0 Å². The van der Waals surface area contributed by atoms with E-state index in [1.807, 2.05) is 12.1 Å². The maximum atomic E-state index is 13.5. The molecular formula is C22H27NO4S. The summed E-state index contributed by atoms with van der Waals surface area (Å²) in [6, 6.07) is 9.83. The summed E-state index contributed by atoms with van der Waals surface area (Å²) in [5, 5.41) is 9.88. The Morgan fingerprint density at radius 2 is 1.82 bits per heavy atom. The quantitative estimate of drug-likeness (QED) is 0.766. The molecule has 0 aromatic heterocycles. The van der Waals surface area contributed by atoms with Crippen LogP contribution >= 0.6 is 0 Å². The van der Waals surface area contributed by atoms with Crippen LogP contribution in [0.25, 0.3) is 0 Å². The SMILES string of the molecule is CC(=O)c1cc(S(=O)(=O)N2CC(C)(C)Cc3cc(C(C)C)ccc32)ccc1O. The van der Waals surface area contributed by atoms with E-state index >= 15 is 0 Å². The number of carbonyl (C=O) groups is 1. The Labute approximate surface area is 167 Å². The van der Waals surface area contributed by atoms with Gasteiger partial charge in [0.1, 0.15) is 5.75 Å². The van der Waals surface area contributed by atoms with Crippen LogP contribution in [-0.4, -0.2) is 25.9 Å². The second-order valence-corrected chi connectivity index (χ2v) is 10.5. The van der Waals surface area contributed by atoms with Crippen molar-refractivity contribution < 1.29 is 18.3 Å². The molecule has 2 aromatic carbocycles. The summed E-state index contributed by atoms with van der Waals surface area (Å²) in [5.41, 5.74) is 2.65. The number of aromatic hydroxyl groups is 1. The van der Waals surface area contributed by atoms with Crippen LogP contribution < -0.4 is 4.31 Å². The fraction of sp³-hybridized carbons (Fsp3) is 0.409. The Morgan fingerprint density at radius 1 is 1.14 bits per heavy atom. The molecule has 1 N–H and O–H groups in total. The zero-order valence-electron chi connectivity index (χ0n) is 17.0. The number of Topliss-reactive ketones (excluding diaryl/α,β-unsaturated/α-hetero) is 1. The van der Waals surface area contributed by atoms with Crippen molar-refractivity contribution in [1.82, 2.24) is 0 Å². The molecule has 6 heteroatoms. The third kappa shape index (κ3) is 3.65. The monoisotopic (exact) mass is 401 g/mol. The van der Waals surface area contributed by atoms with E-state index in [2.05, 4.69) is 33.8 Å². The van der Waals surface area contributed by atoms with Crippen molar-refractivity contribution in [3.05, 3.63) is 53.1 Å². The van der Waals surface area contributed by atoms with Crippen LogP contribution in [-0.2, 0) is 16.4 Å². The van der Waals surface area contributed by atoms with Gasteiger partial charge in [-0.1, -0.05) is 39.8 Å². The van der Waals surface area contributed by atoms with E-state index in [0.717, 1.165) is 12.0 Å². The third-order valence-electron chi connectivity index (χ3n) is 5.21. The molecule has 1 aliphatic heterocycles. The molecule has 0 spiro atoms. The second kappa shape index (κ2) is 6.92. The highest BCUT2D eigenvalue weighted by Crippen LogP contribution is 2.40. The van der Waals surface area contributed by atoms with Crippen LogP contribution in [0, 0.1) is 5.41 Å². The number of rotatable bonds is 4. The number of fused-ring (bicyclic) bond motifs is 1. The Balaban J connectivity index is 2.15. The lowest BCUT2D eigenvalue weighted by atomic mass is 9.81. The minimum Gasteiger partial charge on any atom is -0.507 e. The number of anilines is 1. The number of sulfonamides is 1. The fourth-order valence-corrected chi connectivity index (χ4v) is 5.41. The normalized spacial score (nSPS) is 16.1. The molecule has 150 valence electrons. The summed E-state index contributed by atoms with van der Waals surface area (Å²) < 4.78 is 28.4. The highest BCUT2D eigenvalue weighted by molar-refractivity contribution is 7.92. The van der Waals surface area contributed by atoms with Gasteiger partial charge in [0.25, 0.3) is 10.0 Å². The minimum atomic E-state index is -3.88. The molecule has 0 amide bonds. The van der Waals surface area contributed by atoms with Gasteiger partial charge in [-0.05, 0) is 60.1 Å². The van der Waals surface area contributed by atoms with Crippen LogP contribution in [0.15, 0.2) is 41.3 Å². The molecule has 1 aliphatic rings. The number of hydrogen-bond donors (Lipinski definition) is 1. The molecule has 5 nitrogen and oxygen atoms in total. The zero-order valence-corrected chi connectivity index (χ0v) is 17.8. The molecule has 0 atom stereocenters. The Hall–Kier alpha value is -2.34. The molecule has 0 aliphatic carbocycles. The summed E-state index contributed by atoms with van der Waals surface area (Å²) in [6.07, 6.45) is 0.795. The largest absolute Gasteiger partial charge is 0.507 e. The van der Waals surface area contributed by atoms with Crippen LogP contribution in [0.2, 0.25) is 0 Å². The van der Waals surface area contributed by atoms with Gasteiger partial charge in [0.2, 0.25) is 0 Å². The molecule has 0 saturated carbocycles. The van der Waals surface area contributed by atoms with E-state index < -0.39 is 10.0 Å². The smallest absolute Gasteiger partial charge is 0.264 e. The van der Waals surface area contributed by atoms with Gasteiger partial charge in [-0.25, -0.2) is 8.42 Å². The first-order valence-electron chi connectivity index (χ1n) is 9.42. The Morgan fingerprint density at radius 3 is 2.43 bits per heavy atom. The number of ketones is 1. The number of carbonyl (C=O) groups excluding carboxylic acids is 1. The van der Waals surface area contributed by atoms with Crippen molar-refractivity contribution in [2.45, 2.75) is 51.9 Å². The number of hydrogen-bond acceptors (Lipinski definition) is 4. The average Bonchev–Trinajstić information content (AvgIpc) is 2.59. The van der Waals surface area contributed by atoms with Gasteiger partial charge >= 0.3 is 0 Å². The lowest BCUT2D eigenvalue weighted by molar-refractivity contribution is 0.101. The van der Waals surface area contributed by atoms with Crippen LogP contribution in [0.4, 0.5) is 5.69 Å². The first-order chi connectivity index (χ1) is 12.9. The van der Waals surface area contributed by atoms with Gasteiger partial charge in [-0.15, -0.1) is 0 Å². The van der Waals surface area contributed by atoms with Gasteiger partial charge in [-0.3, -0.25) is 9.10 Å². The van der Waals surface area contributed by atoms with Gasteiger partial charge in [0.15, 0.2) is 5.78 Å². The van der Waals surface area contributed by atoms with E-state index in [-0.39, 0.29) is 27.4 Å². The molecule has 0 radical (unpaired) electrons. The molecule has 0 unspecified atom stereocenters. The lowest BCUT2D eigenvalue weighted by Crippen LogP contribution is -2.44. The van der Waals surface area contributed by atoms with E-state index in [9.17, 15) is 18.3 Å². The van der Waals surface area contributed by atoms with E-state index in [1.165, 1.54) is 35.0 Å². The van der Waals surface area contributed by atoms with Gasteiger partial charge in [0, 0.05) is 6.54 Å². The predicted octanol–water partition coefficient (Wildman–Crippen LogP) is 4.50. The minimum absolute atomic E-state index is 0.00656. The standard InChI is InChI=1S/C22H27NO4S/c1-14(2)16-6-8-20-17(10-16)12-22(4,5)13-23(20)28(26,27)18-7-9-21(25)19(11-18)15(3)24/h6-11,14,25H,12-13H2,1-5H3. The Kier molecular flexibility index (Phi) is 5.04. The Bertz CT molecular complexity index is 1040. The molecule has 0 bridgehead atoms. The van der Waals surface area contributed by atoms with E-state index in [0.29, 0.717) is 18.2 Å². The molecule has 2 aromatic rings. The third-order valence-corrected chi connectivity index (χ3v) is 6.97. The maximum Gasteiger partial charge on any atom is 0.264 e. The summed E-state index contributed by atoms with van der Waals surface area (Å²) in [7, 11) is -3.88. The van der Waals surface area contributed by atoms with Gasteiger partial charge in [0.05, 0.1) is 16.1 Å². The van der Waals surface area contributed by atoms with Gasteiger partial charge < -0.3 is 5.11 Å². The van der Waals surface area contributed by atoms with Crippen molar-refractivity contribution in [1.29, 1.82) is 0 Å². The number of benzene rings is 2. The summed E-state index contributed by atoms with van der Waals surface area (Å²) in [6.45, 7) is 9.99. The lowest BCUT2D eigenvalue weighted by Gasteiger charge is -2.40. The van der Waals surface area contributed by atoms with Crippen LogP contribution in [0.5, 0.6) is 5.75 Å². The van der Waals surface area contributed by atoms with Crippen molar-refractivity contribution in [3.63, 3.8) is 0 Å². The highest BCUT2D eigenvalue weighted by atomic mass is 32.2. The average molecular weight is 402 g/mol. The number of phenolic OH excluding ortho intramolecular Hbond substituents is 1. The molecule has 0 fully saturated rings. The van der Waals surface area contributed by atoms with E-state index in [1.54, 1.807) is 0 Å². The maximum absolute atomic E-state index is 13.5. The zero-order chi connectivity index (χ0) is 20.9. The number of nitrogens with zero attached hydrogens (tertiary/aromatic N) is 1. The molecule has 1 heterocycles. The number of phenols is 1. The van der Waals surface area contributed by atoms with Crippen LogP contribution in [0.3, 0.4) is 0 Å². The topological polar surface area (TPSA) is 74.7 Å².